The highest BCUT2D eigenvalue weighted by atomic mass is 19.3. The zero-order valence-corrected chi connectivity index (χ0v) is 7.58. The highest BCUT2D eigenvalue weighted by Crippen LogP contribution is 2.39. The maximum absolute atomic E-state index is 12.4. The lowest BCUT2D eigenvalue weighted by Crippen LogP contribution is -2.44. The molecule has 2 aliphatic rings. The normalized spacial score (nSPS) is 24.9. The first-order valence-corrected chi connectivity index (χ1v) is 4.55. The second-order valence-corrected chi connectivity index (χ2v) is 3.65. The highest BCUT2D eigenvalue weighted by Gasteiger charge is 2.48. The predicted octanol–water partition coefficient (Wildman–Crippen LogP) is 1.79. The van der Waals surface area contributed by atoms with Crippen molar-refractivity contribution in [1.29, 1.82) is 0 Å². The Morgan fingerprint density at radius 1 is 1.36 bits per heavy atom. The summed E-state index contributed by atoms with van der Waals surface area (Å²) >= 11 is 0. The number of rotatable bonds is 1. The summed E-state index contributed by atoms with van der Waals surface area (Å²) in [7, 11) is 0. The summed E-state index contributed by atoms with van der Waals surface area (Å²) in [5.41, 5.74) is 0. The Hall–Kier alpha value is -1.13. The lowest BCUT2D eigenvalue weighted by atomic mass is 9.91. The van der Waals surface area contributed by atoms with Gasteiger partial charge in [-0.3, -0.25) is 0 Å². The second kappa shape index (κ2) is 3.22. The van der Waals surface area contributed by atoms with Gasteiger partial charge in [0.2, 0.25) is 0 Å². The number of ether oxygens (including phenoxy) is 1. The molecule has 0 unspecified atom stereocenters. The molecule has 1 aliphatic heterocycles. The van der Waals surface area contributed by atoms with E-state index < -0.39 is 18.1 Å². The minimum absolute atomic E-state index is 0.333. The standard InChI is InChI=1S/C9H11F2NO2/c10-9(11)5-7(6-9)14-8(13)12-3-1-2-4-12/h1-2,7H,3-6H2. The molecule has 1 aliphatic carbocycles. The average molecular weight is 203 g/mol. The minimum Gasteiger partial charge on any atom is -0.446 e. The summed E-state index contributed by atoms with van der Waals surface area (Å²) in [6.45, 7) is 1.03. The number of carbonyl (C=O) groups is 1. The number of nitrogens with zero attached hydrogens (tertiary/aromatic N) is 1. The van der Waals surface area contributed by atoms with Crippen LogP contribution in [0.3, 0.4) is 0 Å². The van der Waals surface area contributed by atoms with Gasteiger partial charge in [-0.2, -0.15) is 0 Å². The van der Waals surface area contributed by atoms with Gasteiger partial charge in [-0.05, 0) is 0 Å². The molecule has 0 atom stereocenters. The van der Waals surface area contributed by atoms with Crippen molar-refractivity contribution >= 4 is 6.09 Å². The monoisotopic (exact) mass is 203 g/mol. The molecule has 1 heterocycles. The van der Waals surface area contributed by atoms with E-state index >= 15 is 0 Å². The van der Waals surface area contributed by atoms with E-state index in [1.807, 2.05) is 12.2 Å². The summed E-state index contributed by atoms with van der Waals surface area (Å²) < 4.78 is 29.7. The van der Waals surface area contributed by atoms with Gasteiger partial charge in [0.05, 0.1) is 0 Å². The SMILES string of the molecule is O=C(OC1CC(F)(F)C1)N1CC=CC1. The van der Waals surface area contributed by atoms with Crippen LogP contribution in [0.15, 0.2) is 12.2 Å². The average Bonchev–Trinajstić information content (AvgIpc) is 2.51. The summed E-state index contributed by atoms with van der Waals surface area (Å²) in [4.78, 5) is 12.7. The molecule has 0 radical (unpaired) electrons. The van der Waals surface area contributed by atoms with Gasteiger partial charge in [0.1, 0.15) is 6.10 Å². The molecule has 0 aromatic rings. The van der Waals surface area contributed by atoms with Crippen molar-refractivity contribution < 1.29 is 18.3 Å². The van der Waals surface area contributed by atoms with Crippen LogP contribution < -0.4 is 0 Å². The van der Waals surface area contributed by atoms with Crippen LogP contribution in [-0.2, 0) is 4.74 Å². The fourth-order valence-corrected chi connectivity index (χ4v) is 1.53. The molecule has 0 N–H and O–H groups in total. The molecular weight excluding hydrogens is 192 g/mol. The lowest BCUT2D eigenvalue weighted by molar-refractivity contribution is -0.147. The van der Waals surface area contributed by atoms with Gasteiger partial charge in [-0.1, -0.05) is 12.2 Å². The molecule has 1 saturated carbocycles. The minimum atomic E-state index is -2.63. The summed E-state index contributed by atoms with van der Waals surface area (Å²) in [5, 5.41) is 0. The van der Waals surface area contributed by atoms with Gasteiger partial charge in [0, 0.05) is 25.9 Å². The third kappa shape index (κ3) is 1.86. The Morgan fingerprint density at radius 3 is 2.43 bits per heavy atom. The molecule has 14 heavy (non-hydrogen) atoms. The number of hydrogen-bond acceptors (Lipinski definition) is 2. The third-order valence-electron chi connectivity index (χ3n) is 2.40. The molecule has 0 aromatic heterocycles. The highest BCUT2D eigenvalue weighted by molar-refractivity contribution is 5.69. The molecule has 0 saturated heterocycles. The molecule has 0 aromatic carbocycles. The molecule has 0 spiro atoms. The van der Waals surface area contributed by atoms with Gasteiger partial charge in [0.25, 0.3) is 5.92 Å². The lowest BCUT2D eigenvalue weighted by Gasteiger charge is -2.34. The maximum Gasteiger partial charge on any atom is 0.410 e. The van der Waals surface area contributed by atoms with Gasteiger partial charge < -0.3 is 9.64 Å². The largest absolute Gasteiger partial charge is 0.446 e. The van der Waals surface area contributed by atoms with Crippen LogP contribution in [0.5, 0.6) is 0 Å². The van der Waals surface area contributed by atoms with Crippen molar-refractivity contribution in [2.75, 3.05) is 13.1 Å². The number of halogens is 2. The fourth-order valence-electron chi connectivity index (χ4n) is 1.53. The van der Waals surface area contributed by atoms with Crippen molar-refractivity contribution in [3.63, 3.8) is 0 Å². The van der Waals surface area contributed by atoms with Crippen LogP contribution in [0.2, 0.25) is 0 Å². The van der Waals surface area contributed by atoms with Gasteiger partial charge in [-0.25, -0.2) is 13.6 Å². The molecule has 78 valence electrons. The number of amides is 1. The maximum atomic E-state index is 12.4. The van der Waals surface area contributed by atoms with E-state index in [4.69, 9.17) is 4.74 Å². The van der Waals surface area contributed by atoms with E-state index in [2.05, 4.69) is 0 Å². The summed E-state index contributed by atoms with van der Waals surface area (Å²) in [5.74, 6) is -2.63. The molecular formula is C9H11F2NO2. The van der Waals surface area contributed by atoms with Crippen LogP contribution in [-0.4, -0.2) is 36.1 Å². The van der Waals surface area contributed by atoms with Crippen LogP contribution >= 0.6 is 0 Å². The quantitative estimate of drug-likeness (QED) is 0.608. The topological polar surface area (TPSA) is 29.5 Å². The molecule has 0 bridgehead atoms. The Morgan fingerprint density at radius 2 is 1.93 bits per heavy atom. The van der Waals surface area contributed by atoms with Gasteiger partial charge in [0.15, 0.2) is 0 Å². The van der Waals surface area contributed by atoms with Crippen molar-refractivity contribution in [3.8, 4) is 0 Å². The Kier molecular flexibility index (Phi) is 2.17. The van der Waals surface area contributed by atoms with Crippen LogP contribution in [0.1, 0.15) is 12.8 Å². The van der Waals surface area contributed by atoms with E-state index in [9.17, 15) is 13.6 Å². The zero-order valence-electron chi connectivity index (χ0n) is 7.58. The van der Waals surface area contributed by atoms with E-state index in [1.54, 1.807) is 0 Å². The first-order valence-electron chi connectivity index (χ1n) is 4.55. The van der Waals surface area contributed by atoms with Crippen LogP contribution in [0.4, 0.5) is 13.6 Å². The third-order valence-corrected chi connectivity index (χ3v) is 2.40. The fraction of sp³-hybridized carbons (Fsp3) is 0.667. The second-order valence-electron chi connectivity index (χ2n) is 3.65. The van der Waals surface area contributed by atoms with Crippen molar-refractivity contribution in [2.24, 2.45) is 0 Å². The first kappa shape index (κ1) is 9.43. The van der Waals surface area contributed by atoms with Crippen molar-refractivity contribution in [3.05, 3.63) is 12.2 Å². The zero-order chi connectivity index (χ0) is 10.2. The molecule has 2 rings (SSSR count). The summed E-state index contributed by atoms with van der Waals surface area (Å²) in [6, 6.07) is 0. The van der Waals surface area contributed by atoms with Gasteiger partial charge >= 0.3 is 6.09 Å². The summed E-state index contributed by atoms with van der Waals surface area (Å²) in [6.07, 6.45) is 1.93. The van der Waals surface area contributed by atoms with Crippen molar-refractivity contribution in [2.45, 2.75) is 24.9 Å². The first-order chi connectivity index (χ1) is 6.57. The van der Waals surface area contributed by atoms with Crippen LogP contribution in [0.25, 0.3) is 0 Å². The smallest absolute Gasteiger partial charge is 0.410 e. The van der Waals surface area contributed by atoms with Crippen LogP contribution in [0, 0.1) is 0 Å². The molecule has 5 heteroatoms. The Bertz CT molecular complexity index is 262. The predicted molar refractivity (Wildman–Crippen MR) is 45.2 cm³/mol. The van der Waals surface area contributed by atoms with Gasteiger partial charge in [-0.15, -0.1) is 0 Å². The number of hydrogen-bond donors (Lipinski definition) is 0. The Labute approximate surface area is 80.3 Å². The number of alkyl halides is 2. The van der Waals surface area contributed by atoms with E-state index in [0.29, 0.717) is 13.1 Å². The molecule has 3 nitrogen and oxygen atoms in total. The number of carbonyl (C=O) groups excluding carboxylic acids is 1. The molecule has 1 fully saturated rings. The molecule has 1 amide bonds. The van der Waals surface area contributed by atoms with E-state index in [-0.39, 0.29) is 12.8 Å². The van der Waals surface area contributed by atoms with E-state index in [1.165, 1.54) is 4.90 Å². The van der Waals surface area contributed by atoms with E-state index in [0.717, 1.165) is 0 Å². The Balaban J connectivity index is 1.74. The van der Waals surface area contributed by atoms with Crippen molar-refractivity contribution in [1.82, 2.24) is 4.90 Å².